The number of aryl methyl sites for hydroxylation is 1. The number of carbonyl (C=O) groups excluding carboxylic acids is 1. The molecule has 1 fully saturated rings. The van der Waals surface area contributed by atoms with E-state index in [2.05, 4.69) is 5.16 Å². The van der Waals surface area contributed by atoms with E-state index in [1.807, 2.05) is 0 Å². The zero-order valence-corrected chi connectivity index (χ0v) is 11.5. The van der Waals surface area contributed by atoms with Crippen LogP contribution in [0.2, 0.25) is 0 Å². The van der Waals surface area contributed by atoms with E-state index >= 15 is 0 Å². The van der Waals surface area contributed by atoms with Gasteiger partial charge in [-0.2, -0.15) is 0 Å². The first kappa shape index (κ1) is 13.7. The van der Waals surface area contributed by atoms with Crippen LogP contribution < -0.4 is 0 Å². The molecular formula is C15H14F2N2O2. The van der Waals surface area contributed by atoms with Crippen LogP contribution in [0.25, 0.3) is 0 Å². The highest BCUT2D eigenvalue weighted by atomic mass is 19.2. The predicted octanol–water partition coefficient (Wildman–Crippen LogP) is 3.24. The molecule has 0 aliphatic carbocycles. The van der Waals surface area contributed by atoms with Gasteiger partial charge >= 0.3 is 0 Å². The Labute approximate surface area is 120 Å². The molecule has 1 aliphatic heterocycles. The van der Waals surface area contributed by atoms with Crippen LogP contribution in [-0.2, 0) is 0 Å². The number of likely N-dealkylation sites (tertiary alicyclic amines) is 1. The van der Waals surface area contributed by atoms with Gasteiger partial charge in [0, 0.05) is 12.6 Å². The molecule has 0 radical (unpaired) electrons. The van der Waals surface area contributed by atoms with Crippen molar-refractivity contribution in [1.29, 1.82) is 0 Å². The van der Waals surface area contributed by atoms with Gasteiger partial charge in [-0.25, -0.2) is 8.78 Å². The maximum Gasteiger partial charge on any atom is 0.257 e. The minimum Gasteiger partial charge on any atom is -0.359 e. The molecule has 1 saturated heterocycles. The monoisotopic (exact) mass is 292 g/mol. The van der Waals surface area contributed by atoms with E-state index in [4.69, 9.17) is 4.52 Å². The standard InChI is InChI=1S/C15H14F2N2O2/c1-9-8-13(21-18-9)12-6-3-7-19(12)15(20)10-4-2-5-11(16)14(10)17/h2,4-5,8,12H,3,6-7H2,1H3. The molecule has 1 atom stereocenters. The molecule has 1 unspecified atom stereocenters. The Morgan fingerprint density at radius 2 is 2.24 bits per heavy atom. The Bertz CT molecular complexity index is 684. The van der Waals surface area contributed by atoms with Crippen LogP contribution in [-0.4, -0.2) is 22.5 Å². The number of aromatic nitrogens is 1. The lowest BCUT2D eigenvalue weighted by Gasteiger charge is -2.22. The van der Waals surface area contributed by atoms with Crippen LogP contribution in [0.5, 0.6) is 0 Å². The molecule has 6 heteroatoms. The van der Waals surface area contributed by atoms with Crippen molar-refractivity contribution in [1.82, 2.24) is 10.1 Å². The Morgan fingerprint density at radius 1 is 1.43 bits per heavy atom. The normalized spacial score (nSPS) is 18.2. The summed E-state index contributed by atoms with van der Waals surface area (Å²) in [4.78, 5) is 14.0. The molecule has 2 heterocycles. The molecule has 21 heavy (non-hydrogen) atoms. The lowest BCUT2D eigenvalue weighted by atomic mass is 10.1. The van der Waals surface area contributed by atoms with E-state index in [1.165, 1.54) is 17.0 Å². The summed E-state index contributed by atoms with van der Waals surface area (Å²) in [5, 5.41) is 3.81. The highest BCUT2D eigenvalue weighted by Crippen LogP contribution is 2.33. The third kappa shape index (κ3) is 2.41. The Hall–Kier alpha value is -2.24. The number of hydrogen-bond donors (Lipinski definition) is 0. The van der Waals surface area contributed by atoms with Gasteiger partial charge in [-0.05, 0) is 31.9 Å². The Kier molecular flexibility index (Phi) is 3.45. The third-order valence-electron chi connectivity index (χ3n) is 3.67. The number of amides is 1. The van der Waals surface area contributed by atoms with Gasteiger partial charge in [0.05, 0.1) is 17.3 Å². The van der Waals surface area contributed by atoms with E-state index < -0.39 is 17.5 Å². The van der Waals surface area contributed by atoms with Gasteiger partial charge in [-0.3, -0.25) is 4.79 Å². The van der Waals surface area contributed by atoms with Crippen LogP contribution in [0.3, 0.4) is 0 Å². The van der Waals surface area contributed by atoms with Crippen molar-refractivity contribution in [3.05, 3.63) is 52.9 Å². The molecule has 0 saturated carbocycles. The third-order valence-corrected chi connectivity index (χ3v) is 3.67. The van der Waals surface area contributed by atoms with Gasteiger partial charge in [-0.15, -0.1) is 0 Å². The van der Waals surface area contributed by atoms with Crippen molar-refractivity contribution in [3.8, 4) is 0 Å². The summed E-state index contributed by atoms with van der Waals surface area (Å²) in [5.41, 5.74) is 0.472. The molecule has 1 aromatic heterocycles. The highest BCUT2D eigenvalue weighted by molar-refractivity contribution is 5.95. The van der Waals surface area contributed by atoms with Crippen LogP contribution in [0.1, 0.15) is 40.7 Å². The second kappa shape index (κ2) is 5.27. The van der Waals surface area contributed by atoms with Crippen molar-refractivity contribution in [2.45, 2.75) is 25.8 Å². The summed E-state index contributed by atoms with van der Waals surface area (Å²) in [6.07, 6.45) is 1.50. The second-order valence-electron chi connectivity index (χ2n) is 5.13. The summed E-state index contributed by atoms with van der Waals surface area (Å²) in [6, 6.07) is 5.10. The molecule has 2 aromatic rings. The minimum atomic E-state index is -1.11. The number of benzene rings is 1. The fourth-order valence-corrected chi connectivity index (χ4v) is 2.67. The fourth-order valence-electron chi connectivity index (χ4n) is 2.67. The number of carbonyl (C=O) groups is 1. The van der Waals surface area contributed by atoms with E-state index in [0.717, 1.165) is 24.6 Å². The van der Waals surface area contributed by atoms with Gasteiger partial charge in [0.25, 0.3) is 5.91 Å². The van der Waals surface area contributed by atoms with Crippen molar-refractivity contribution in [2.75, 3.05) is 6.54 Å². The summed E-state index contributed by atoms with van der Waals surface area (Å²) in [5.74, 6) is -2.08. The average Bonchev–Trinajstić information content (AvgIpc) is 3.09. The second-order valence-corrected chi connectivity index (χ2v) is 5.13. The topological polar surface area (TPSA) is 46.3 Å². The maximum atomic E-state index is 13.8. The van der Waals surface area contributed by atoms with Crippen LogP contribution in [0.15, 0.2) is 28.8 Å². The Morgan fingerprint density at radius 3 is 2.95 bits per heavy atom. The van der Waals surface area contributed by atoms with E-state index in [1.54, 1.807) is 13.0 Å². The number of rotatable bonds is 2. The predicted molar refractivity (Wildman–Crippen MR) is 70.6 cm³/mol. The molecule has 0 bridgehead atoms. The largest absolute Gasteiger partial charge is 0.359 e. The fraction of sp³-hybridized carbons (Fsp3) is 0.333. The van der Waals surface area contributed by atoms with Crippen LogP contribution in [0.4, 0.5) is 8.78 Å². The van der Waals surface area contributed by atoms with Crippen molar-refractivity contribution in [3.63, 3.8) is 0 Å². The Balaban J connectivity index is 1.91. The quantitative estimate of drug-likeness (QED) is 0.853. The maximum absolute atomic E-state index is 13.8. The highest BCUT2D eigenvalue weighted by Gasteiger charge is 2.34. The summed E-state index contributed by atoms with van der Waals surface area (Å²) >= 11 is 0. The van der Waals surface area contributed by atoms with Gasteiger partial charge in [-0.1, -0.05) is 11.2 Å². The SMILES string of the molecule is Cc1cc(C2CCCN2C(=O)c2cccc(F)c2F)on1. The molecule has 1 aliphatic rings. The van der Waals surface area contributed by atoms with Gasteiger partial charge in [0.15, 0.2) is 17.4 Å². The summed E-state index contributed by atoms with van der Waals surface area (Å²) < 4.78 is 32.3. The lowest BCUT2D eigenvalue weighted by Crippen LogP contribution is -2.31. The van der Waals surface area contributed by atoms with E-state index in [9.17, 15) is 13.6 Å². The molecule has 0 N–H and O–H groups in total. The summed E-state index contributed by atoms with van der Waals surface area (Å²) in [7, 11) is 0. The first-order chi connectivity index (χ1) is 10.1. The molecule has 110 valence electrons. The number of halogens is 2. The molecule has 3 rings (SSSR count). The number of nitrogens with zero attached hydrogens (tertiary/aromatic N) is 2. The lowest BCUT2D eigenvalue weighted by molar-refractivity contribution is 0.0708. The first-order valence-corrected chi connectivity index (χ1v) is 6.76. The van der Waals surface area contributed by atoms with Crippen LogP contribution in [0, 0.1) is 18.6 Å². The molecule has 0 spiro atoms. The van der Waals surface area contributed by atoms with Crippen molar-refractivity contribution >= 4 is 5.91 Å². The van der Waals surface area contributed by atoms with Gasteiger partial charge < -0.3 is 9.42 Å². The van der Waals surface area contributed by atoms with Gasteiger partial charge in [0.1, 0.15) is 0 Å². The van der Waals surface area contributed by atoms with Crippen molar-refractivity contribution < 1.29 is 18.1 Å². The zero-order valence-electron chi connectivity index (χ0n) is 11.5. The molecule has 4 nitrogen and oxygen atoms in total. The van der Waals surface area contributed by atoms with E-state index in [0.29, 0.717) is 12.3 Å². The van der Waals surface area contributed by atoms with E-state index in [-0.39, 0.29) is 11.6 Å². The summed E-state index contributed by atoms with van der Waals surface area (Å²) in [6.45, 7) is 2.28. The minimum absolute atomic E-state index is 0.252. The number of hydrogen-bond acceptors (Lipinski definition) is 3. The first-order valence-electron chi connectivity index (χ1n) is 6.76. The van der Waals surface area contributed by atoms with Gasteiger partial charge in [0.2, 0.25) is 0 Å². The van der Waals surface area contributed by atoms with Crippen molar-refractivity contribution in [2.24, 2.45) is 0 Å². The smallest absolute Gasteiger partial charge is 0.257 e. The average molecular weight is 292 g/mol. The van der Waals surface area contributed by atoms with Crippen LogP contribution >= 0.6 is 0 Å². The molecule has 1 aromatic carbocycles. The molecular weight excluding hydrogens is 278 g/mol. The zero-order chi connectivity index (χ0) is 15.0. The molecule has 1 amide bonds.